The molecule has 3 nitrogen and oxygen atoms in total. The highest BCUT2D eigenvalue weighted by molar-refractivity contribution is 6.04. The van der Waals surface area contributed by atoms with Gasteiger partial charge in [0, 0.05) is 55.3 Å². The summed E-state index contributed by atoms with van der Waals surface area (Å²) in [4.78, 5) is 4.78. The second kappa shape index (κ2) is 13.8. The van der Waals surface area contributed by atoms with Crippen LogP contribution >= 0.6 is 0 Å². The van der Waals surface area contributed by atoms with E-state index in [1.165, 1.54) is 44.9 Å². The Kier molecular flexibility index (Phi) is 9.97. The lowest BCUT2D eigenvalue weighted by Gasteiger charge is -2.23. The smallest absolute Gasteiger partial charge is 0.200 e. The van der Waals surface area contributed by atoms with Crippen LogP contribution in [0.4, 0.5) is 11.4 Å². The molecule has 4 rings (SSSR count). The third-order valence-corrected chi connectivity index (χ3v) is 7.69. The Morgan fingerprint density at radius 1 is 0.564 bits per heavy atom. The number of rotatable bonds is 11. The minimum atomic E-state index is 0.910. The van der Waals surface area contributed by atoms with E-state index in [0.717, 1.165) is 39.3 Å². The van der Waals surface area contributed by atoms with E-state index in [0.29, 0.717) is 0 Å². The minimum Gasteiger partial charge on any atom is -0.372 e. The molecule has 202 valence electrons. The van der Waals surface area contributed by atoms with Crippen LogP contribution in [0.1, 0.15) is 51.3 Å². The Bertz CT molecular complexity index is 1240. The van der Waals surface area contributed by atoms with Crippen LogP contribution in [-0.4, -0.2) is 43.0 Å². The van der Waals surface area contributed by atoms with Crippen molar-refractivity contribution >= 4 is 22.7 Å². The molecule has 0 bridgehead atoms. The van der Waals surface area contributed by atoms with Crippen molar-refractivity contribution in [2.45, 2.75) is 41.2 Å². The van der Waals surface area contributed by atoms with Crippen LogP contribution in [0.3, 0.4) is 0 Å². The van der Waals surface area contributed by atoms with E-state index in [1.54, 1.807) is 0 Å². The fraction of sp³-hybridized carbons (Fsp3) is 0.306. The molecule has 0 saturated heterocycles. The number of hydrogen-bond acceptors (Lipinski definition) is 2. The van der Waals surface area contributed by atoms with Gasteiger partial charge in [-0.3, -0.25) is 0 Å². The lowest BCUT2D eigenvalue weighted by molar-refractivity contribution is -0.539. The summed E-state index contributed by atoms with van der Waals surface area (Å²) in [6, 6.07) is 28.9. The van der Waals surface area contributed by atoms with Crippen molar-refractivity contribution in [2.75, 3.05) is 42.5 Å². The summed E-state index contributed by atoms with van der Waals surface area (Å²) < 4.78 is 2.43. The molecule has 0 radical (unpaired) electrons. The van der Waals surface area contributed by atoms with Gasteiger partial charge < -0.3 is 9.80 Å². The number of anilines is 2. The van der Waals surface area contributed by atoms with Gasteiger partial charge in [0.15, 0.2) is 12.3 Å². The van der Waals surface area contributed by atoms with Gasteiger partial charge in [0.25, 0.3) is 0 Å². The van der Waals surface area contributed by atoms with Crippen LogP contribution in [0.25, 0.3) is 5.57 Å². The van der Waals surface area contributed by atoms with Gasteiger partial charge >= 0.3 is 0 Å². The molecule has 3 heteroatoms. The fourth-order valence-corrected chi connectivity index (χ4v) is 5.38. The number of allylic oxidation sites excluding steroid dienone is 5. The maximum Gasteiger partial charge on any atom is 0.200 e. The van der Waals surface area contributed by atoms with Crippen molar-refractivity contribution in [3.05, 3.63) is 125 Å². The summed E-state index contributed by atoms with van der Waals surface area (Å²) in [5, 5.41) is 0. The normalized spacial score (nSPS) is 12.5. The van der Waals surface area contributed by atoms with E-state index in [4.69, 9.17) is 0 Å². The van der Waals surface area contributed by atoms with Crippen molar-refractivity contribution < 1.29 is 4.58 Å². The molecule has 0 saturated carbocycles. The zero-order chi connectivity index (χ0) is 27.6. The number of hydrogen-bond donors (Lipinski definition) is 0. The second-order valence-electron chi connectivity index (χ2n) is 9.86. The molecule has 0 N–H and O–H groups in total. The highest BCUT2D eigenvalue weighted by Gasteiger charge is 2.16. The molecule has 0 aromatic heterocycles. The van der Waals surface area contributed by atoms with Gasteiger partial charge in [-0.1, -0.05) is 54.6 Å². The summed E-state index contributed by atoms with van der Waals surface area (Å²) in [6.07, 6.45) is 9.12. The average Bonchev–Trinajstić information content (AvgIpc) is 3.00. The average molecular weight is 519 g/mol. The quantitative estimate of drug-likeness (QED) is 0.238. The topological polar surface area (TPSA) is 9.49 Å². The molecule has 3 aromatic carbocycles. The Morgan fingerprint density at radius 3 is 1.44 bits per heavy atom. The molecule has 0 unspecified atom stereocenters. The minimum absolute atomic E-state index is 0.910. The van der Waals surface area contributed by atoms with Gasteiger partial charge in [-0.2, -0.15) is 0 Å². The van der Waals surface area contributed by atoms with E-state index in [9.17, 15) is 0 Å². The van der Waals surface area contributed by atoms with Crippen molar-refractivity contribution in [1.82, 2.24) is 0 Å². The van der Waals surface area contributed by atoms with E-state index >= 15 is 0 Å². The predicted molar refractivity (Wildman–Crippen MR) is 170 cm³/mol. The first-order valence-corrected chi connectivity index (χ1v) is 14.6. The van der Waals surface area contributed by atoms with Gasteiger partial charge in [0.05, 0.1) is 0 Å². The van der Waals surface area contributed by atoms with E-state index in [1.807, 2.05) is 0 Å². The Balaban J connectivity index is 1.74. The molecular formula is C36H44N3+. The van der Waals surface area contributed by atoms with E-state index < -0.39 is 0 Å². The SMILES string of the molecule is CCN(CC)c1ccc(C(=C2C=CC(=[N+](CC)Cc3ccccc3)C=C2)c2ccc(N(CC)CC)cc2)cc1. The summed E-state index contributed by atoms with van der Waals surface area (Å²) in [7, 11) is 0. The van der Waals surface area contributed by atoms with Crippen molar-refractivity contribution in [1.29, 1.82) is 0 Å². The summed E-state index contributed by atoms with van der Waals surface area (Å²) in [5.41, 5.74) is 10.1. The molecule has 1 aliphatic carbocycles. The van der Waals surface area contributed by atoms with Crippen molar-refractivity contribution in [2.24, 2.45) is 0 Å². The third kappa shape index (κ3) is 6.78. The monoisotopic (exact) mass is 518 g/mol. The van der Waals surface area contributed by atoms with Gasteiger partial charge in [-0.15, -0.1) is 0 Å². The second-order valence-corrected chi connectivity index (χ2v) is 9.86. The van der Waals surface area contributed by atoms with Crippen molar-refractivity contribution in [3.8, 4) is 0 Å². The summed E-state index contributed by atoms with van der Waals surface area (Å²) >= 11 is 0. The summed E-state index contributed by atoms with van der Waals surface area (Å²) in [5.74, 6) is 0. The zero-order valence-electron chi connectivity index (χ0n) is 24.4. The Hall–Kier alpha value is -3.85. The molecule has 0 heterocycles. The van der Waals surface area contributed by atoms with Gasteiger partial charge in [0.2, 0.25) is 0 Å². The first-order valence-electron chi connectivity index (χ1n) is 14.6. The molecule has 0 aliphatic heterocycles. The number of benzene rings is 3. The molecule has 0 amide bonds. The van der Waals surface area contributed by atoms with E-state index in [2.05, 4.69) is 152 Å². The molecule has 0 atom stereocenters. The lowest BCUT2D eigenvalue weighted by atomic mass is 9.90. The largest absolute Gasteiger partial charge is 0.372 e. The maximum absolute atomic E-state index is 2.43. The van der Waals surface area contributed by atoms with Crippen LogP contribution in [0, 0.1) is 0 Å². The van der Waals surface area contributed by atoms with Gasteiger partial charge in [-0.25, -0.2) is 4.58 Å². The Labute approximate surface area is 236 Å². The standard InChI is InChI=1S/C36H44N3/c1-6-37(7-2)33-22-16-30(17-23-33)36(31-18-24-34(25-19-31)38(8-3)9-4)32-20-26-35(27-21-32)39(10-5)28-29-14-12-11-13-15-29/h11-27H,6-10,28H2,1-5H3/q+1. The van der Waals surface area contributed by atoms with Crippen LogP contribution in [0.15, 0.2) is 109 Å². The third-order valence-electron chi connectivity index (χ3n) is 7.69. The van der Waals surface area contributed by atoms with Crippen molar-refractivity contribution in [3.63, 3.8) is 0 Å². The van der Waals surface area contributed by atoms with Crippen LogP contribution < -0.4 is 9.80 Å². The zero-order valence-corrected chi connectivity index (χ0v) is 24.4. The molecule has 1 aliphatic rings. The number of nitrogens with zero attached hydrogens (tertiary/aromatic N) is 3. The van der Waals surface area contributed by atoms with Gasteiger partial charge in [0.1, 0.15) is 6.54 Å². The molecule has 0 fully saturated rings. The first kappa shape index (κ1) is 28.2. The molecular weight excluding hydrogens is 474 g/mol. The first-order chi connectivity index (χ1) is 19.1. The molecule has 0 spiro atoms. The molecule has 39 heavy (non-hydrogen) atoms. The predicted octanol–water partition coefficient (Wildman–Crippen LogP) is 7.98. The van der Waals surface area contributed by atoms with Crippen LogP contribution in [0.2, 0.25) is 0 Å². The fourth-order valence-electron chi connectivity index (χ4n) is 5.38. The van der Waals surface area contributed by atoms with E-state index in [-0.39, 0.29) is 0 Å². The lowest BCUT2D eigenvalue weighted by Crippen LogP contribution is -2.21. The Morgan fingerprint density at radius 2 is 1.03 bits per heavy atom. The molecule has 3 aromatic rings. The summed E-state index contributed by atoms with van der Waals surface area (Å²) in [6.45, 7) is 17.0. The highest BCUT2D eigenvalue weighted by Crippen LogP contribution is 2.32. The maximum atomic E-state index is 2.43. The van der Waals surface area contributed by atoms with Crippen LogP contribution in [-0.2, 0) is 6.54 Å². The highest BCUT2D eigenvalue weighted by atomic mass is 15.1. The van der Waals surface area contributed by atoms with Gasteiger partial charge in [-0.05, 0) is 93.3 Å². The van der Waals surface area contributed by atoms with Crippen LogP contribution in [0.5, 0.6) is 0 Å².